The number of rotatable bonds is 6. The summed E-state index contributed by atoms with van der Waals surface area (Å²) in [4.78, 5) is 26.8. The number of hydrogen-bond donors (Lipinski definition) is 1. The van der Waals surface area contributed by atoms with Crippen LogP contribution >= 0.6 is 11.6 Å². The maximum absolute atomic E-state index is 12.7. The first-order chi connectivity index (χ1) is 13.0. The zero-order valence-electron chi connectivity index (χ0n) is 15.5. The zero-order chi connectivity index (χ0) is 19.4. The number of nitrogens with zero attached hydrogens (tertiary/aromatic N) is 1. The first kappa shape index (κ1) is 19.2. The molecule has 0 spiro atoms. The molecule has 1 atom stereocenters. The van der Waals surface area contributed by atoms with Crippen LogP contribution in [0.5, 0.6) is 5.75 Å². The minimum Gasteiger partial charge on any atom is -0.497 e. The molecule has 0 radical (unpaired) electrons. The number of nitrogens with one attached hydrogen (secondary N) is 1. The Labute approximate surface area is 164 Å². The number of carbonyl (C=O) groups is 2. The molecule has 1 fully saturated rings. The highest BCUT2D eigenvalue weighted by Gasteiger charge is 2.37. The van der Waals surface area contributed by atoms with Gasteiger partial charge in [-0.05, 0) is 61.2 Å². The van der Waals surface area contributed by atoms with Crippen LogP contribution in [0.15, 0.2) is 42.5 Å². The van der Waals surface area contributed by atoms with Crippen molar-refractivity contribution in [3.05, 3.63) is 58.6 Å². The van der Waals surface area contributed by atoms with Crippen molar-refractivity contribution < 1.29 is 14.3 Å². The second kappa shape index (κ2) is 8.44. The molecule has 6 heteroatoms. The average Bonchev–Trinajstić information content (AvgIpc) is 3.06. The monoisotopic (exact) mass is 386 g/mol. The maximum atomic E-state index is 12.7. The summed E-state index contributed by atoms with van der Waals surface area (Å²) in [7, 11) is 1.63. The van der Waals surface area contributed by atoms with Gasteiger partial charge in [-0.15, -0.1) is 0 Å². The lowest BCUT2D eigenvalue weighted by Crippen LogP contribution is -2.37. The van der Waals surface area contributed by atoms with Crippen molar-refractivity contribution in [2.24, 2.45) is 5.92 Å². The van der Waals surface area contributed by atoms with Gasteiger partial charge in [-0.2, -0.15) is 0 Å². The van der Waals surface area contributed by atoms with Crippen molar-refractivity contribution in [1.82, 2.24) is 5.32 Å². The van der Waals surface area contributed by atoms with E-state index in [2.05, 4.69) is 5.32 Å². The minimum absolute atomic E-state index is 0.154. The number of aryl methyl sites for hydroxylation is 1. The van der Waals surface area contributed by atoms with Crippen molar-refractivity contribution in [1.29, 1.82) is 0 Å². The Bertz CT molecular complexity index is 836. The summed E-state index contributed by atoms with van der Waals surface area (Å²) in [5.41, 5.74) is 2.80. The Balaban J connectivity index is 1.54. The highest BCUT2D eigenvalue weighted by Crippen LogP contribution is 2.28. The third kappa shape index (κ3) is 4.42. The Morgan fingerprint density at radius 3 is 2.67 bits per heavy atom. The molecule has 1 saturated heterocycles. The molecule has 1 heterocycles. The fourth-order valence-corrected chi connectivity index (χ4v) is 3.34. The maximum Gasteiger partial charge on any atom is 0.239 e. The topological polar surface area (TPSA) is 58.6 Å². The second-order valence-corrected chi connectivity index (χ2v) is 7.06. The van der Waals surface area contributed by atoms with E-state index in [1.54, 1.807) is 18.1 Å². The van der Waals surface area contributed by atoms with Crippen molar-refractivity contribution in [2.75, 3.05) is 25.1 Å². The molecular formula is C21H23ClN2O3. The van der Waals surface area contributed by atoms with Gasteiger partial charge in [0, 0.05) is 23.8 Å². The van der Waals surface area contributed by atoms with Crippen LogP contribution in [-0.4, -0.2) is 32.0 Å². The molecule has 1 aliphatic heterocycles. The van der Waals surface area contributed by atoms with Gasteiger partial charge in [0.25, 0.3) is 0 Å². The predicted molar refractivity (Wildman–Crippen MR) is 106 cm³/mol. The van der Waals surface area contributed by atoms with Crippen molar-refractivity contribution in [3.63, 3.8) is 0 Å². The molecule has 0 aliphatic carbocycles. The van der Waals surface area contributed by atoms with Crippen LogP contribution in [0.25, 0.3) is 0 Å². The first-order valence-corrected chi connectivity index (χ1v) is 9.35. The Hall–Kier alpha value is -2.53. The number of halogens is 1. The zero-order valence-corrected chi connectivity index (χ0v) is 16.3. The number of hydrogen-bond acceptors (Lipinski definition) is 3. The summed E-state index contributed by atoms with van der Waals surface area (Å²) in [5.74, 6) is -0.186. The molecule has 2 amide bonds. The molecule has 0 aromatic heterocycles. The van der Waals surface area contributed by atoms with E-state index >= 15 is 0 Å². The number of carbonyl (C=O) groups excluding carboxylic acids is 2. The van der Waals surface area contributed by atoms with Gasteiger partial charge in [-0.3, -0.25) is 9.59 Å². The largest absolute Gasteiger partial charge is 0.497 e. The predicted octanol–water partition coefficient (Wildman–Crippen LogP) is 3.37. The van der Waals surface area contributed by atoms with E-state index in [-0.39, 0.29) is 11.8 Å². The highest BCUT2D eigenvalue weighted by molar-refractivity contribution is 6.31. The number of ether oxygens (including phenoxy) is 1. The molecule has 2 aromatic carbocycles. The summed E-state index contributed by atoms with van der Waals surface area (Å²) >= 11 is 6.05. The van der Waals surface area contributed by atoms with Crippen molar-refractivity contribution >= 4 is 29.1 Å². The Morgan fingerprint density at radius 1 is 1.26 bits per heavy atom. The van der Waals surface area contributed by atoms with Crippen LogP contribution in [0, 0.1) is 12.8 Å². The van der Waals surface area contributed by atoms with E-state index in [9.17, 15) is 9.59 Å². The van der Waals surface area contributed by atoms with Gasteiger partial charge in [0.1, 0.15) is 11.7 Å². The number of anilines is 1. The average molecular weight is 387 g/mol. The summed E-state index contributed by atoms with van der Waals surface area (Å²) in [5, 5.41) is 3.55. The summed E-state index contributed by atoms with van der Waals surface area (Å²) in [6.45, 7) is 2.93. The van der Waals surface area contributed by atoms with E-state index in [4.69, 9.17) is 16.3 Å². The van der Waals surface area contributed by atoms with Crippen LogP contribution in [0.1, 0.15) is 17.5 Å². The lowest BCUT2D eigenvalue weighted by molar-refractivity contribution is -0.132. The molecule has 3 rings (SSSR count). The van der Waals surface area contributed by atoms with Gasteiger partial charge < -0.3 is 15.0 Å². The summed E-state index contributed by atoms with van der Waals surface area (Å²) < 4.78 is 5.13. The van der Waals surface area contributed by atoms with Crippen LogP contribution in [-0.2, 0) is 16.0 Å². The van der Waals surface area contributed by atoms with Gasteiger partial charge in [-0.1, -0.05) is 23.7 Å². The van der Waals surface area contributed by atoms with E-state index in [1.165, 1.54) is 0 Å². The molecule has 1 N–H and O–H groups in total. The van der Waals surface area contributed by atoms with Crippen molar-refractivity contribution in [2.45, 2.75) is 19.8 Å². The lowest BCUT2D eigenvalue weighted by Gasteiger charge is -2.17. The van der Waals surface area contributed by atoms with Crippen LogP contribution in [0.3, 0.4) is 0 Å². The quantitative estimate of drug-likeness (QED) is 0.774. The molecular weight excluding hydrogens is 364 g/mol. The third-order valence-corrected chi connectivity index (χ3v) is 5.27. The molecule has 27 heavy (non-hydrogen) atoms. The smallest absolute Gasteiger partial charge is 0.239 e. The molecule has 0 bridgehead atoms. The first-order valence-electron chi connectivity index (χ1n) is 8.98. The van der Waals surface area contributed by atoms with Gasteiger partial charge in [0.05, 0.1) is 7.11 Å². The molecule has 0 unspecified atom stereocenters. The molecule has 2 aromatic rings. The van der Waals surface area contributed by atoms with E-state index in [0.29, 0.717) is 31.0 Å². The highest BCUT2D eigenvalue weighted by atomic mass is 35.5. The fourth-order valence-electron chi connectivity index (χ4n) is 3.22. The standard InChI is InChI=1S/C21H23ClN2O3/c1-14-13-16(5-8-19(14)22)24-12-10-18(21(24)26)20(25)23-11-9-15-3-6-17(27-2)7-4-15/h3-8,13,18H,9-12H2,1-2H3,(H,23,25)/t18-/m0/s1. The number of amides is 2. The van der Waals surface area contributed by atoms with Crippen molar-refractivity contribution in [3.8, 4) is 5.75 Å². The number of benzene rings is 2. The lowest BCUT2D eigenvalue weighted by atomic mass is 10.1. The Kier molecular flexibility index (Phi) is 6.01. The van der Waals surface area contributed by atoms with Crippen LogP contribution in [0.2, 0.25) is 5.02 Å². The summed E-state index contributed by atoms with van der Waals surface area (Å²) in [6.07, 6.45) is 1.23. The number of methoxy groups -OCH3 is 1. The third-order valence-electron chi connectivity index (χ3n) is 4.85. The van der Waals surface area contributed by atoms with Gasteiger partial charge in [0.2, 0.25) is 11.8 Å². The molecule has 0 saturated carbocycles. The van der Waals surface area contributed by atoms with Crippen LogP contribution < -0.4 is 15.0 Å². The second-order valence-electron chi connectivity index (χ2n) is 6.65. The van der Waals surface area contributed by atoms with Gasteiger partial charge in [-0.25, -0.2) is 0 Å². The fraction of sp³-hybridized carbons (Fsp3) is 0.333. The molecule has 142 valence electrons. The normalized spacial score (nSPS) is 16.5. The van der Waals surface area contributed by atoms with Gasteiger partial charge >= 0.3 is 0 Å². The van der Waals surface area contributed by atoms with E-state index in [0.717, 1.165) is 22.6 Å². The van der Waals surface area contributed by atoms with Gasteiger partial charge in [0.15, 0.2) is 0 Å². The summed E-state index contributed by atoms with van der Waals surface area (Å²) in [6, 6.07) is 13.2. The Morgan fingerprint density at radius 2 is 2.00 bits per heavy atom. The van der Waals surface area contributed by atoms with E-state index in [1.807, 2.05) is 43.3 Å². The van der Waals surface area contributed by atoms with E-state index < -0.39 is 5.92 Å². The minimum atomic E-state index is -0.628. The molecule has 1 aliphatic rings. The van der Waals surface area contributed by atoms with Crippen LogP contribution in [0.4, 0.5) is 5.69 Å². The SMILES string of the molecule is COc1ccc(CCNC(=O)[C@@H]2CCN(c3ccc(Cl)c(C)c3)C2=O)cc1. The molecule has 5 nitrogen and oxygen atoms in total.